The fourth-order valence-corrected chi connectivity index (χ4v) is 8.06. The van der Waals surface area contributed by atoms with Gasteiger partial charge < -0.3 is 41.8 Å². The van der Waals surface area contributed by atoms with Gasteiger partial charge in [0, 0.05) is 56.4 Å². The maximum Gasteiger partial charge on any atom is 0.414 e. The van der Waals surface area contributed by atoms with Crippen LogP contribution in [-0.2, 0) is 57.9 Å². The Balaban J connectivity index is 1.02. The third-order valence-corrected chi connectivity index (χ3v) is 12.1. The van der Waals surface area contributed by atoms with Gasteiger partial charge in [0.25, 0.3) is 11.8 Å². The second kappa shape index (κ2) is 26.8. The highest BCUT2D eigenvalue weighted by Gasteiger charge is 2.33. The van der Waals surface area contributed by atoms with Crippen LogP contribution in [0.5, 0.6) is 0 Å². The molecule has 1 aromatic heterocycles. The molecule has 3 heterocycles. The van der Waals surface area contributed by atoms with E-state index in [4.69, 9.17) is 15.2 Å². The highest BCUT2D eigenvalue weighted by Crippen LogP contribution is 2.30. The highest BCUT2D eigenvalue weighted by atomic mass is 19.1. The number of amides is 10. The van der Waals surface area contributed by atoms with Crippen molar-refractivity contribution in [3.63, 3.8) is 0 Å². The van der Waals surface area contributed by atoms with Crippen LogP contribution < -0.4 is 37.2 Å². The third-order valence-electron chi connectivity index (χ3n) is 12.1. The molecule has 1 fully saturated rings. The smallest absolute Gasteiger partial charge is 0.414 e. The standard InChI is InChI=1S/C51H61FN12O11/c1-31(2)46(59-43(66)9-5-4-6-23-63-44(67)20-21-45(63)68)48(70)58-42(8-7-22-54-49(53)71)47(69)57-36-16-12-34(13-17-36)30-74-50(72)62(28-37-25-56-61-60-37)27-33-10-14-35(15-11-33)40-19-18-38(24-41(40)52)64-29-39(75-51(64)73)26-55-32(3)65/h10-21,24-25,31,39,42,46H,4-9,22-23,26-30H2,1-3H3,(H,55,65)(H,57,69)(H,58,70)(H,59,66)(H3,53,54,71)(H,56,60,61)/t39-,42-,46-/m0/s1. The largest absolute Gasteiger partial charge is 0.445 e. The number of aromatic amines is 1. The first-order valence-electron chi connectivity index (χ1n) is 24.4. The summed E-state index contributed by atoms with van der Waals surface area (Å²) in [5.41, 5.74) is 8.45. The maximum absolute atomic E-state index is 15.5. The molecule has 10 amide bonds. The Kier molecular flexibility index (Phi) is 19.9. The van der Waals surface area contributed by atoms with Crippen LogP contribution in [0, 0.1) is 11.7 Å². The molecule has 4 aromatic rings. The topological polar surface area (TPSA) is 310 Å². The van der Waals surface area contributed by atoms with Crippen molar-refractivity contribution >= 4 is 65.0 Å². The van der Waals surface area contributed by atoms with Crippen molar-refractivity contribution in [3.05, 3.63) is 108 Å². The van der Waals surface area contributed by atoms with Gasteiger partial charge in [-0.2, -0.15) is 15.4 Å². The first-order valence-corrected chi connectivity index (χ1v) is 24.4. The van der Waals surface area contributed by atoms with Gasteiger partial charge in [0.2, 0.25) is 23.6 Å². The number of unbranched alkanes of at least 4 members (excludes halogenated alkanes) is 2. The molecule has 23 nitrogen and oxygen atoms in total. The summed E-state index contributed by atoms with van der Waals surface area (Å²) in [5.74, 6) is -3.46. The van der Waals surface area contributed by atoms with Crippen LogP contribution in [0.4, 0.5) is 30.1 Å². The van der Waals surface area contributed by atoms with Crippen LogP contribution in [0.2, 0.25) is 0 Å². The number of carbonyl (C=O) groups excluding carboxylic acids is 9. The van der Waals surface area contributed by atoms with Crippen molar-refractivity contribution in [1.82, 2.24) is 46.5 Å². The van der Waals surface area contributed by atoms with Crippen molar-refractivity contribution < 1.29 is 57.0 Å². The molecule has 75 heavy (non-hydrogen) atoms. The molecule has 0 aliphatic carbocycles. The lowest BCUT2D eigenvalue weighted by atomic mass is 10.0. The Bertz CT molecular complexity index is 2700. The zero-order valence-electron chi connectivity index (χ0n) is 41.8. The second-order valence-electron chi connectivity index (χ2n) is 18.2. The monoisotopic (exact) mass is 1040 g/mol. The number of nitrogens with one attached hydrogen (secondary N) is 6. The summed E-state index contributed by atoms with van der Waals surface area (Å²) in [6, 6.07) is 15.0. The van der Waals surface area contributed by atoms with Gasteiger partial charge in [-0.3, -0.25) is 43.5 Å². The van der Waals surface area contributed by atoms with E-state index in [1.807, 2.05) is 0 Å². The number of benzene rings is 3. The summed E-state index contributed by atoms with van der Waals surface area (Å²) in [7, 11) is 0. The molecule has 6 rings (SSSR count). The summed E-state index contributed by atoms with van der Waals surface area (Å²) in [6.45, 7) is 5.49. The molecule has 0 spiro atoms. The quantitative estimate of drug-likeness (QED) is 0.0347. The molecule has 8 N–H and O–H groups in total. The molecule has 0 unspecified atom stereocenters. The average molecular weight is 1040 g/mol. The molecule has 2 aliphatic heterocycles. The number of primary amides is 1. The fourth-order valence-electron chi connectivity index (χ4n) is 8.06. The number of hydrogen-bond acceptors (Lipinski definition) is 13. The Morgan fingerprint density at radius 2 is 1.60 bits per heavy atom. The minimum Gasteiger partial charge on any atom is -0.445 e. The lowest BCUT2D eigenvalue weighted by Crippen LogP contribution is -2.54. The van der Waals surface area contributed by atoms with Gasteiger partial charge in [0.05, 0.1) is 31.5 Å². The molecule has 398 valence electrons. The summed E-state index contributed by atoms with van der Waals surface area (Å²) in [5, 5.41) is 23.8. The van der Waals surface area contributed by atoms with Crippen LogP contribution in [0.1, 0.15) is 76.1 Å². The van der Waals surface area contributed by atoms with Gasteiger partial charge in [-0.05, 0) is 78.6 Å². The number of anilines is 2. The SMILES string of the molecule is CC(=O)NC[C@H]1CN(c2ccc(-c3ccc(CN(Cc4cn[nH]n4)C(=O)OCc4ccc(NC(=O)[C@H](CCCNC(N)=O)NC(=O)[C@@H](NC(=O)CCCCCN5C(=O)C=CC5=O)C(C)C)cc4)cc3)c(F)c2)C(=O)O1. The van der Waals surface area contributed by atoms with Gasteiger partial charge in [0.15, 0.2) is 0 Å². The number of rotatable bonds is 26. The van der Waals surface area contributed by atoms with Crippen LogP contribution in [0.3, 0.4) is 0 Å². The lowest BCUT2D eigenvalue weighted by Gasteiger charge is -2.25. The van der Waals surface area contributed by atoms with Crippen molar-refractivity contribution in [1.29, 1.82) is 0 Å². The molecule has 0 bridgehead atoms. The molecule has 3 atom stereocenters. The second-order valence-corrected chi connectivity index (χ2v) is 18.2. The number of nitrogens with zero attached hydrogens (tertiary/aromatic N) is 5. The molecule has 0 saturated carbocycles. The van der Waals surface area contributed by atoms with E-state index in [1.54, 1.807) is 74.5 Å². The third kappa shape index (κ3) is 16.7. The van der Waals surface area contributed by atoms with E-state index in [9.17, 15) is 43.2 Å². The Morgan fingerprint density at radius 1 is 0.880 bits per heavy atom. The number of hydrogen-bond donors (Lipinski definition) is 7. The number of cyclic esters (lactones) is 1. The number of H-pyrrole nitrogens is 1. The lowest BCUT2D eigenvalue weighted by molar-refractivity contribution is -0.137. The van der Waals surface area contributed by atoms with Crippen LogP contribution >= 0.6 is 0 Å². The first kappa shape index (κ1) is 55.6. The Morgan fingerprint density at radius 3 is 2.25 bits per heavy atom. The van der Waals surface area contributed by atoms with Gasteiger partial charge in [-0.15, -0.1) is 0 Å². The number of aromatic nitrogens is 3. The predicted molar refractivity (Wildman–Crippen MR) is 269 cm³/mol. The van der Waals surface area contributed by atoms with Gasteiger partial charge in [0.1, 0.15) is 36.3 Å². The van der Waals surface area contributed by atoms with E-state index in [2.05, 4.69) is 42.0 Å². The zero-order chi connectivity index (χ0) is 54.0. The Hall–Kier alpha value is -8.70. The fraction of sp³-hybridized carbons (Fsp3) is 0.392. The zero-order valence-corrected chi connectivity index (χ0v) is 41.8. The molecule has 3 aromatic carbocycles. The average Bonchev–Trinajstić information content (AvgIpc) is 4.12. The number of halogens is 1. The summed E-state index contributed by atoms with van der Waals surface area (Å²) < 4.78 is 26.5. The van der Waals surface area contributed by atoms with E-state index in [0.717, 1.165) is 4.90 Å². The van der Waals surface area contributed by atoms with E-state index < -0.39 is 54.0 Å². The first-order chi connectivity index (χ1) is 35.9. The maximum atomic E-state index is 15.5. The van der Waals surface area contributed by atoms with E-state index >= 15 is 4.39 Å². The molecule has 2 aliphatic rings. The number of imide groups is 1. The number of ether oxygens (including phenoxy) is 2. The van der Waals surface area contributed by atoms with Crippen LogP contribution in [0.25, 0.3) is 11.1 Å². The summed E-state index contributed by atoms with van der Waals surface area (Å²) in [6.07, 6.45) is 4.02. The number of carbonyl (C=O) groups is 9. The van der Waals surface area contributed by atoms with Gasteiger partial charge in [-0.25, -0.2) is 18.8 Å². The molecule has 0 radical (unpaired) electrons. The van der Waals surface area contributed by atoms with E-state index in [0.29, 0.717) is 53.0 Å². The highest BCUT2D eigenvalue weighted by molar-refractivity contribution is 6.12. The molecular formula is C51H61FN12O11. The Labute approximate surface area is 431 Å². The predicted octanol–water partition coefficient (Wildman–Crippen LogP) is 3.91. The van der Waals surface area contributed by atoms with Gasteiger partial charge >= 0.3 is 18.2 Å². The van der Waals surface area contributed by atoms with Gasteiger partial charge in [-0.1, -0.05) is 56.7 Å². The minimum atomic E-state index is -1.09. The van der Waals surface area contributed by atoms with Crippen molar-refractivity contribution in [2.75, 3.05) is 36.4 Å². The number of nitrogens with two attached hydrogens (primary N) is 1. The minimum absolute atomic E-state index is 0.0381. The summed E-state index contributed by atoms with van der Waals surface area (Å²) in [4.78, 5) is 116. The molecule has 1 saturated heterocycles. The molecule has 24 heteroatoms. The van der Waals surface area contributed by atoms with Crippen molar-refractivity contribution in [2.24, 2.45) is 11.7 Å². The van der Waals surface area contributed by atoms with Crippen LogP contribution in [-0.4, -0.2) is 123 Å². The summed E-state index contributed by atoms with van der Waals surface area (Å²) >= 11 is 0. The van der Waals surface area contributed by atoms with Crippen molar-refractivity contribution in [3.8, 4) is 11.1 Å². The number of urea groups is 1. The van der Waals surface area contributed by atoms with Crippen molar-refractivity contribution in [2.45, 2.75) is 97.2 Å². The normalized spacial score (nSPS) is 14.8. The van der Waals surface area contributed by atoms with E-state index in [1.165, 1.54) is 41.1 Å². The van der Waals surface area contributed by atoms with E-state index in [-0.39, 0.29) is 100 Å². The van der Waals surface area contributed by atoms with Crippen LogP contribution in [0.15, 0.2) is 85.1 Å². The molecular weight excluding hydrogens is 976 g/mol.